The number of carbonyl (C=O) groups is 1. The molecular formula is C9H10N2O2S. The first-order chi connectivity index (χ1) is 6.66. The first-order valence-corrected chi connectivity index (χ1v) is 4.69. The molecule has 0 bridgehead atoms. The molecule has 1 aromatic rings. The number of hydrogen-bond donors (Lipinski definition) is 3. The highest BCUT2D eigenvalue weighted by Crippen LogP contribution is 2.30. The van der Waals surface area contributed by atoms with Gasteiger partial charge in [0.1, 0.15) is 5.75 Å². The summed E-state index contributed by atoms with van der Waals surface area (Å²) < 4.78 is 5.19. The first kappa shape index (κ1) is 9.36. The zero-order valence-electron chi connectivity index (χ0n) is 7.36. The van der Waals surface area contributed by atoms with Gasteiger partial charge in [0.15, 0.2) is 6.61 Å². The Morgan fingerprint density at radius 2 is 2.36 bits per heavy atom. The number of fused-ring (bicyclic) bond motifs is 1. The molecular weight excluding hydrogens is 200 g/mol. The van der Waals surface area contributed by atoms with Gasteiger partial charge in [-0.2, -0.15) is 12.6 Å². The van der Waals surface area contributed by atoms with Gasteiger partial charge in [-0.05, 0) is 17.7 Å². The van der Waals surface area contributed by atoms with E-state index >= 15 is 0 Å². The minimum absolute atomic E-state index is 0.0687. The maximum atomic E-state index is 11.0. The highest BCUT2D eigenvalue weighted by molar-refractivity contribution is 7.80. The maximum absolute atomic E-state index is 11.0. The lowest BCUT2D eigenvalue weighted by molar-refractivity contribution is -0.118. The van der Waals surface area contributed by atoms with E-state index in [0.717, 1.165) is 5.56 Å². The monoisotopic (exact) mass is 210 g/mol. The molecule has 0 radical (unpaired) electrons. The van der Waals surface area contributed by atoms with Gasteiger partial charge in [0, 0.05) is 0 Å². The molecule has 1 aliphatic heterocycles. The summed E-state index contributed by atoms with van der Waals surface area (Å²) in [5, 5.41) is 2.35. The Balaban J connectivity index is 2.37. The largest absolute Gasteiger partial charge is 0.482 e. The Morgan fingerprint density at radius 3 is 3.07 bits per heavy atom. The molecule has 0 saturated carbocycles. The molecule has 1 unspecified atom stereocenters. The van der Waals surface area contributed by atoms with Crippen LogP contribution in [0.5, 0.6) is 5.75 Å². The molecule has 0 fully saturated rings. The lowest BCUT2D eigenvalue weighted by Crippen LogP contribution is -2.25. The van der Waals surface area contributed by atoms with Crippen LogP contribution in [-0.2, 0) is 4.79 Å². The van der Waals surface area contributed by atoms with E-state index in [1.165, 1.54) is 0 Å². The number of carbonyl (C=O) groups excluding carboxylic acids is 1. The molecule has 74 valence electrons. The van der Waals surface area contributed by atoms with Crippen molar-refractivity contribution >= 4 is 24.2 Å². The van der Waals surface area contributed by atoms with Gasteiger partial charge in [-0.25, -0.2) is 0 Å². The van der Waals surface area contributed by atoms with Crippen LogP contribution >= 0.6 is 12.6 Å². The Hall–Kier alpha value is -1.20. The van der Waals surface area contributed by atoms with Gasteiger partial charge >= 0.3 is 0 Å². The van der Waals surface area contributed by atoms with Gasteiger partial charge in [-0.3, -0.25) is 4.79 Å². The molecule has 2 rings (SSSR count). The summed E-state index contributed by atoms with van der Waals surface area (Å²) in [4.78, 5) is 11.0. The van der Waals surface area contributed by atoms with Crippen LogP contribution < -0.4 is 15.8 Å². The van der Waals surface area contributed by atoms with Crippen molar-refractivity contribution in [2.45, 2.75) is 5.37 Å². The minimum Gasteiger partial charge on any atom is -0.482 e. The number of benzene rings is 1. The van der Waals surface area contributed by atoms with E-state index in [2.05, 4.69) is 17.9 Å². The van der Waals surface area contributed by atoms with Crippen molar-refractivity contribution in [2.75, 3.05) is 11.9 Å². The smallest absolute Gasteiger partial charge is 0.262 e. The fourth-order valence-electron chi connectivity index (χ4n) is 1.28. The zero-order chi connectivity index (χ0) is 10.1. The number of nitrogens with one attached hydrogen (secondary N) is 1. The number of ether oxygens (including phenoxy) is 1. The highest BCUT2D eigenvalue weighted by Gasteiger charge is 2.16. The standard InChI is InChI=1S/C9H10N2O2S/c10-9(14)5-1-2-7-6(3-5)11-8(12)4-13-7/h1-3,9,14H,4,10H2,(H,11,12). The van der Waals surface area contributed by atoms with Crippen molar-refractivity contribution in [3.05, 3.63) is 23.8 Å². The van der Waals surface area contributed by atoms with Crippen LogP contribution in [0.15, 0.2) is 18.2 Å². The molecule has 1 aromatic carbocycles. The molecule has 0 saturated heterocycles. The van der Waals surface area contributed by atoms with Crippen LogP contribution in [0.25, 0.3) is 0 Å². The molecule has 5 heteroatoms. The van der Waals surface area contributed by atoms with E-state index in [9.17, 15) is 4.79 Å². The molecule has 0 aromatic heterocycles. The van der Waals surface area contributed by atoms with Crippen LogP contribution in [0, 0.1) is 0 Å². The highest BCUT2D eigenvalue weighted by atomic mass is 32.1. The predicted octanol–water partition coefficient (Wildman–Crippen LogP) is 0.905. The number of nitrogens with two attached hydrogens (primary N) is 1. The van der Waals surface area contributed by atoms with Crippen LogP contribution in [0.3, 0.4) is 0 Å². The molecule has 1 heterocycles. The van der Waals surface area contributed by atoms with Crippen molar-refractivity contribution in [2.24, 2.45) is 5.73 Å². The SMILES string of the molecule is NC(S)c1ccc2c(c1)NC(=O)CO2. The summed E-state index contributed by atoms with van der Waals surface area (Å²) in [6.45, 7) is 0.0687. The van der Waals surface area contributed by atoms with Crippen molar-refractivity contribution in [3.63, 3.8) is 0 Å². The quantitative estimate of drug-likeness (QED) is 0.477. The Bertz CT molecular complexity index is 379. The third kappa shape index (κ3) is 1.69. The van der Waals surface area contributed by atoms with Gasteiger partial charge in [0.05, 0.1) is 11.1 Å². The summed E-state index contributed by atoms with van der Waals surface area (Å²) in [5.41, 5.74) is 7.09. The molecule has 1 amide bonds. The zero-order valence-corrected chi connectivity index (χ0v) is 8.25. The second-order valence-electron chi connectivity index (χ2n) is 3.04. The number of thiol groups is 1. The number of anilines is 1. The van der Waals surface area contributed by atoms with Crippen LogP contribution in [0.4, 0.5) is 5.69 Å². The van der Waals surface area contributed by atoms with Crippen LogP contribution in [0.1, 0.15) is 10.9 Å². The lowest BCUT2D eigenvalue weighted by Gasteiger charge is -2.19. The third-order valence-corrected chi connectivity index (χ3v) is 2.28. The fraction of sp³-hybridized carbons (Fsp3) is 0.222. The van der Waals surface area contributed by atoms with E-state index in [0.29, 0.717) is 11.4 Å². The Kier molecular flexibility index (Phi) is 2.35. The first-order valence-electron chi connectivity index (χ1n) is 4.17. The Morgan fingerprint density at radius 1 is 1.57 bits per heavy atom. The van der Waals surface area contributed by atoms with Crippen LogP contribution in [-0.4, -0.2) is 12.5 Å². The number of hydrogen-bond acceptors (Lipinski definition) is 4. The van der Waals surface area contributed by atoms with Gasteiger partial charge in [0.2, 0.25) is 0 Å². The summed E-state index contributed by atoms with van der Waals surface area (Å²) in [6.07, 6.45) is 0. The summed E-state index contributed by atoms with van der Waals surface area (Å²) in [5.74, 6) is 0.518. The summed E-state index contributed by atoms with van der Waals surface area (Å²) in [6, 6.07) is 5.37. The molecule has 0 spiro atoms. The van der Waals surface area contributed by atoms with Crippen molar-refractivity contribution < 1.29 is 9.53 Å². The second kappa shape index (κ2) is 3.51. The van der Waals surface area contributed by atoms with Crippen molar-refractivity contribution in [1.82, 2.24) is 0 Å². The predicted molar refractivity (Wildman–Crippen MR) is 56.5 cm³/mol. The average molecular weight is 210 g/mol. The van der Waals surface area contributed by atoms with Crippen molar-refractivity contribution in [1.29, 1.82) is 0 Å². The summed E-state index contributed by atoms with van der Waals surface area (Å²) in [7, 11) is 0. The minimum atomic E-state index is -0.348. The van der Waals surface area contributed by atoms with Crippen LogP contribution in [0.2, 0.25) is 0 Å². The normalized spacial score (nSPS) is 16.6. The molecule has 14 heavy (non-hydrogen) atoms. The average Bonchev–Trinajstić information content (AvgIpc) is 2.16. The van der Waals surface area contributed by atoms with E-state index in [1.54, 1.807) is 12.1 Å². The summed E-state index contributed by atoms with van der Waals surface area (Å²) >= 11 is 4.10. The van der Waals surface area contributed by atoms with Crippen molar-refractivity contribution in [3.8, 4) is 5.75 Å². The lowest BCUT2D eigenvalue weighted by atomic mass is 10.1. The number of rotatable bonds is 1. The molecule has 4 nitrogen and oxygen atoms in total. The molecule has 1 aliphatic rings. The van der Waals surface area contributed by atoms with Gasteiger partial charge in [-0.15, -0.1) is 0 Å². The molecule has 1 atom stereocenters. The van der Waals surface area contributed by atoms with Gasteiger partial charge in [-0.1, -0.05) is 6.07 Å². The maximum Gasteiger partial charge on any atom is 0.262 e. The van der Waals surface area contributed by atoms with E-state index in [-0.39, 0.29) is 17.9 Å². The van der Waals surface area contributed by atoms with E-state index in [4.69, 9.17) is 10.5 Å². The molecule has 0 aliphatic carbocycles. The van der Waals surface area contributed by atoms with E-state index < -0.39 is 0 Å². The van der Waals surface area contributed by atoms with Gasteiger partial charge < -0.3 is 15.8 Å². The van der Waals surface area contributed by atoms with E-state index in [1.807, 2.05) is 6.07 Å². The fourth-order valence-corrected chi connectivity index (χ4v) is 1.45. The number of amides is 1. The topological polar surface area (TPSA) is 64.3 Å². The van der Waals surface area contributed by atoms with Gasteiger partial charge in [0.25, 0.3) is 5.91 Å². The third-order valence-electron chi connectivity index (χ3n) is 1.98. The molecule has 3 N–H and O–H groups in total. The second-order valence-corrected chi connectivity index (χ2v) is 3.59. The Labute approximate surface area is 86.8 Å².